The minimum absolute atomic E-state index is 0.0241. The predicted octanol–water partition coefficient (Wildman–Crippen LogP) is 7.54. The van der Waals surface area contributed by atoms with Crippen molar-refractivity contribution in [3.63, 3.8) is 0 Å². The lowest BCUT2D eigenvalue weighted by Gasteiger charge is -2.26. The number of hydrogen-bond acceptors (Lipinski definition) is 16. The summed E-state index contributed by atoms with van der Waals surface area (Å²) in [6.07, 6.45) is 11.1. The maximum absolute atomic E-state index is 12.6. The van der Waals surface area contributed by atoms with Gasteiger partial charge in [-0.2, -0.15) is 0 Å². The monoisotopic (exact) mass is 897 g/mol. The number of aldehydes is 1. The third-order valence-electron chi connectivity index (χ3n) is 10.1. The van der Waals surface area contributed by atoms with Crippen LogP contribution in [0.1, 0.15) is 63.9 Å². The summed E-state index contributed by atoms with van der Waals surface area (Å²) in [5.74, 6) is 0.197. The van der Waals surface area contributed by atoms with Gasteiger partial charge in [0.15, 0.2) is 6.10 Å². The molecule has 1 atom stereocenters. The van der Waals surface area contributed by atoms with Crippen molar-refractivity contribution in [3.05, 3.63) is 110 Å². The van der Waals surface area contributed by atoms with Gasteiger partial charge in [0.05, 0.1) is 18.9 Å². The highest BCUT2D eigenvalue weighted by atomic mass is 16.6. The van der Waals surface area contributed by atoms with Gasteiger partial charge in [0.1, 0.15) is 54.0 Å². The zero-order valence-corrected chi connectivity index (χ0v) is 36.5. The lowest BCUT2D eigenvalue weighted by molar-refractivity contribution is -0.154. The fourth-order valence-corrected chi connectivity index (χ4v) is 6.40. The quantitative estimate of drug-likeness (QED) is 0.0404. The molecule has 16 nitrogen and oxygen atoms in total. The zero-order valence-electron chi connectivity index (χ0n) is 36.5. The highest BCUT2D eigenvalue weighted by Gasteiger charge is 2.32. The molecule has 2 fully saturated rings. The number of methoxy groups -OCH3 is 1. The van der Waals surface area contributed by atoms with Crippen LogP contribution in [0.15, 0.2) is 105 Å². The van der Waals surface area contributed by atoms with Crippen LogP contribution in [0.25, 0.3) is 0 Å². The molecule has 0 heterocycles. The van der Waals surface area contributed by atoms with Crippen LogP contribution in [0.5, 0.6) is 34.5 Å². The van der Waals surface area contributed by atoms with Gasteiger partial charge in [0, 0.05) is 35.9 Å². The van der Waals surface area contributed by atoms with Gasteiger partial charge in [-0.1, -0.05) is 39.5 Å². The van der Waals surface area contributed by atoms with Gasteiger partial charge in [-0.15, -0.1) is 0 Å². The number of carbonyl (C=O) groups is 7. The topological polar surface area (TPSA) is 217 Å². The van der Waals surface area contributed by atoms with Crippen molar-refractivity contribution >= 4 is 48.8 Å². The normalized spacial score (nSPS) is 17.6. The average molecular weight is 898 g/mol. The first-order chi connectivity index (χ1) is 31.3. The molecule has 0 bridgehead atoms. The lowest BCUT2D eigenvalue weighted by Crippen LogP contribution is -2.30. The van der Waals surface area contributed by atoms with Crippen molar-refractivity contribution in [1.82, 2.24) is 0 Å². The maximum atomic E-state index is 12.6. The Bertz CT molecular complexity index is 2080. The molecule has 1 unspecified atom stereocenters. The van der Waals surface area contributed by atoms with E-state index in [-0.39, 0.29) is 49.0 Å². The molecule has 0 aliphatic heterocycles. The van der Waals surface area contributed by atoms with E-state index >= 15 is 0 Å². The maximum Gasteiger partial charge on any atom is 0.335 e. The number of benzene rings is 3. The number of carbonyl (C=O) groups excluding carboxylic acids is 7. The molecule has 2 saturated carbocycles. The summed E-state index contributed by atoms with van der Waals surface area (Å²) in [6.45, 7) is 12.3. The predicted molar refractivity (Wildman–Crippen MR) is 237 cm³/mol. The summed E-state index contributed by atoms with van der Waals surface area (Å²) in [6, 6.07) is 17.3. The SMILES string of the molecule is C=CC(=O)OCC(COc1ccc(OC)cc1)OC(=O)C=C.C=CC(=O)Oc1ccc(OC(=O)C2CCC(C(=O)Oc3ccc(OC=O)cc3C=N)CC2)cc1.CC1CCC(C=O)CC1. The van der Waals surface area contributed by atoms with E-state index in [0.717, 1.165) is 49.5 Å². The Morgan fingerprint density at radius 1 is 0.646 bits per heavy atom. The highest BCUT2D eigenvalue weighted by Crippen LogP contribution is 2.33. The van der Waals surface area contributed by atoms with Crippen LogP contribution >= 0.6 is 0 Å². The average Bonchev–Trinajstić information content (AvgIpc) is 3.34. The Morgan fingerprint density at radius 3 is 1.69 bits per heavy atom. The van der Waals surface area contributed by atoms with Crippen LogP contribution in [0.2, 0.25) is 0 Å². The summed E-state index contributed by atoms with van der Waals surface area (Å²) < 4.78 is 41.0. The molecular weight excluding hydrogens is 843 g/mol. The van der Waals surface area contributed by atoms with Crippen molar-refractivity contribution in [3.8, 4) is 34.5 Å². The molecule has 0 amide bonds. The van der Waals surface area contributed by atoms with Crippen LogP contribution in [-0.4, -0.2) is 75.2 Å². The van der Waals surface area contributed by atoms with Crippen molar-refractivity contribution in [1.29, 1.82) is 5.41 Å². The van der Waals surface area contributed by atoms with Crippen LogP contribution in [0.4, 0.5) is 0 Å². The molecule has 0 spiro atoms. The number of ether oxygens (including phenoxy) is 8. The molecule has 3 aromatic carbocycles. The van der Waals surface area contributed by atoms with Gasteiger partial charge in [0.2, 0.25) is 0 Å². The van der Waals surface area contributed by atoms with Gasteiger partial charge >= 0.3 is 29.8 Å². The molecular formula is C49H55NO15. The van der Waals surface area contributed by atoms with E-state index in [1.165, 1.54) is 55.3 Å². The molecule has 0 aromatic heterocycles. The van der Waals surface area contributed by atoms with E-state index in [0.29, 0.717) is 60.2 Å². The molecule has 65 heavy (non-hydrogen) atoms. The standard InChI is InChI=1S/C25H23NO8.C16H18O6.C8H14O/c1-2-23(28)32-19-7-9-20(10-8-19)33-24(29)16-3-5-17(6-4-16)25(30)34-22-12-11-21(31-15-27)13-18(22)14-26;1-4-15(17)21-11-14(22-16(18)5-2)10-20-13-8-6-12(19-3)7-9-13;1-7-2-4-8(6-9)5-3-7/h2,7-17,26H,1,3-6H2;4-9,14H,1-2,10-11H2,3H3;6-8H,2-5H2,1H3. The van der Waals surface area contributed by atoms with E-state index in [4.69, 9.17) is 43.3 Å². The molecule has 0 radical (unpaired) electrons. The van der Waals surface area contributed by atoms with Crippen LogP contribution in [0, 0.1) is 29.1 Å². The molecule has 1 N–H and O–H groups in total. The second-order valence-corrected chi connectivity index (χ2v) is 14.8. The van der Waals surface area contributed by atoms with Gasteiger partial charge in [0.25, 0.3) is 6.47 Å². The summed E-state index contributed by atoms with van der Waals surface area (Å²) in [5, 5.41) is 7.48. The number of hydrogen-bond donors (Lipinski definition) is 1. The van der Waals surface area contributed by atoms with Crippen molar-refractivity contribution in [2.45, 2.75) is 64.4 Å². The molecule has 3 aromatic rings. The molecule has 5 rings (SSSR count). The Kier molecular flexibility index (Phi) is 22.7. The summed E-state index contributed by atoms with van der Waals surface area (Å²) in [4.78, 5) is 79.4. The first-order valence-corrected chi connectivity index (χ1v) is 20.8. The minimum atomic E-state index is -0.753. The minimum Gasteiger partial charge on any atom is -0.497 e. The van der Waals surface area contributed by atoms with Crippen molar-refractivity contribution in [2.24, 2.45) is 23.7 Å². The molecule has 2 aliphatic carbocycles. The number of nitrogens with one attached hydrogen (secondary N) is 1. The Labute approximate surface area is 378 Å². The smallest absolute Gasteiger partial charge is 0.335 e. The molecule has 346 valence electrons. The Morgan fingerprint density at radius 2 is 1.17 bits per heavy atom. The second-order valence-electron chi connectivity index (χ2n) is 14.8. The van der Waals surface area contributed by atoms with Gasteiger partial charge in [-0.05, 0) is 111 Å². The lowest BCUT2D eigenvalue weighted by atomic mass is 9.82. The Balaban J connectivity index is 0.000000307. The fourth-order valence-electron chi connectivity index (χ4n) is 6.40. The molecule has 0 saturated heterocycles. The summed E-state index contributed by atoms with van der Waals surface area (Å²) in [7, 11) is 1.56. The third-order valence-corrected chi connectivity index (χ3v) is 10.1. The van der Waals surface area contributed by atoms with Crippen LogP contribution in [0.3, 0.4) is 0 Å². The first kappa shape index (κ1) is 52.0. The number of rotatable bonds is 19. The van der Waals surface area contributed by atoms with E-state index in [9.17, 15) is 33.6 Å². The van der Waals surface area contributed by atoms with Gasteiger partial charge < -0.3 is 48.1 Å². The largest absolute Gasteiger partial charge is 0.497 e. The van der Waals surface area contributed by atoms with Gasteiger partial charge in [-0.3, -0.25) is 14.4 Å². The zero-order chi connectivity index (χ0) is 47.6. The summed E-state index contributed by atoms with van der Waals surface area (Å²) >= 11 is 0. The van der Waals surface area contributed by atoms with E-state index < -0.39 is 30.0 Å². The first-order valence-electron chi connectivity index (χ1n) is 20.8. The van der Waals surface area contributed by atoms with E-state index in [1.54, 1.807) is 31.4 Å². The third kappa shape index (κ3) is 18.9. The van der Waals surface area contributed by atoms with Gasteiger partial charge in [-0.25, -0.2) is 14.4 Å². The van der Waals surface area contributed by atoms with E-state index in [1.807, 2.05) is 0 Å². The van der Waals surface area contributed by atoms with Crippen molar-refractivity contribution in [2.75, 3.05) is 20.3 Å². The molecule has 16 heteroatoms. The number of esters is 5. The van der Waals surface area contributed by atoms with Crippen molar-refractivity contribution < 1.29 is 71.5 Å². The summed E-state index contributed by atoms with van der Waals surface area (Å²) in [5.41, 5.74) is 0.301. The fraction of sp³-hybridized carbons (Fsp3) is 0.347. The second kappa shape index (κ2) is 28.4. The highest BCUT2D eigenvalue weighted by molar-refractivity contribution is 5.86. The molecule has 2 aliphatic rings. The van der Waals surface area contributed by atoms with Crippen LogP contribution < -0.4 is 28.4 Å². The van der Waals surface area contributed by atoms with Crippen LogP contribution in [-0.2, 0) is 43.0 Å². The van der Waals surface area contributed by atoms with E-state index in [2.05, 4.69) is 26.7 Å². The Hall–Kier alpha value is -7.36.